The molecular formula is C16H19FN4. The Morgan fingerprint density at radius 1 is 1.33 bits per heavy atom. The Morgan fingerprint density at radius 3 is 2.71 bits per heavy atom. The van der Waals surface area contributed by atoms with Crippen LogP contribution in [0.15, 0.2) is 36.4 Å². The Morgan fingerprint density at radius 2 is 2.10 bits per heavy atom. The smallest absolute Gasteiger partial charge is 0.125 e. The molecule has 0 radical (unpaired) electrons. The molecule has 110 valence electrons. The van der Waals surface area contributed by atoms with Crippen LogP contribution in [-0.4, -0.2) is 17.4 Å². The Bertz CT molecular complexity index is 654. The lowest BCUT2D eigenvalue weighted by molar-refractivity contribution is 0.627. The SMILES string of the molecule is CCN(Cc1cccc(C)n1)c1ccc(F)cc1C(=N)N. The van der Waals surface area contributed by atoms with Gasteiger partial charge in [0.1, 0.15) is 11.7 Å². The van der Waals surface area contributed by atoms with E-state index in [0.29, 0.717) is 18.7 Å². The van der Waals surface area contributed by atoms with E-state index in [4.69, 9.17) is 11.1 Å². The number of aryl methyl sites for hydroxylation is 1. The number of benzene rings is 1. The fraction of sp³-hybridized carbons (Fsp3) is 0.250. The molecule has 0 aliphatic rings. The zero-order valence-corrected chi connectivity index (χ0v) is 12.2. The van der Waals surface area contributed by atoms with Crippen LogP contribution in [0.2, 0.25) is 0 Å². The van der Waals surface area contributed by atoms with Crippen molar-refractivity contribution in [1.82, 2.24) is 4.98 Å². The van der Waals surface area contributed by atoms with Gasteiger partial charge in [-0.15, -0.1) is 0 Å². The van der Waals surface area contributed by atoms with Crippen molar-refractivity contribution >= 4 is 11.5 Å². The second-order valence-corrected chi connectivity index (χ2v) is 4.86. The third kappa shape index (κ3) is 3.56. The summed E-state index contributed by atoms with van der Waals surface area (Å²) in [7, 11) is 0. The summed E-state index contributed by atoms with van der Waals surface area (Å²) in [6, 6.07) is 10.2. The van der Waals surface area contributed by atoms with Gasteiger partial charge in [0.05, 0.1) is 12.2 Å². The normalized spacial score (nSPS) is 10.4. The van der Waals surface area contributed by atoms with Crippen LogP contribution in [0.1, 0.15) is 23.9 Å². The van der Waals surface area contributed by atoms with Gasteiger partial charge in [0.15, 0.2) is 0 Å². The lowest BCUT2D eigenvalue weighted by Crippen LogP contribution is -2.26. The van der Waals surface area contributed by atoms with E-state index in [1.807, 2.05) is 36.9 Å². The molecule has 0 atom stereocenters. The van der Waals surface area contributed by atoms with Gasteiger partial charge in [0, 0.05) is 23.5 Å². The van der Waals surface area contributed by atoms with Crippen molar-refractivity contribution in [2.75, 3.05) is 11.4 Å². The molecule has 1 aromatic heterocycles. The van der Waals surface area contributed by atoms with Crippen LogP contribution in [0, 0.1) is 18.2 Å². The predicted octanol–water partition coefficient (Wildman–Crippen LogP) is 2.84. The third-order valence-electron chi connectivity index (χ3n) is 3.27. The molecule has 0 unspecified atom stereocenters. The standard InChI is InChI=1S/C16H19FN4/c1-3-21(10-13-6-4-5-11(2)20-13)15-8-7-12(17)9-14(15)16(18)19/h4-9H,3,10H2,1-2H3,(H3,18,19). The van der Waals surface area contributed by atoms with Gasteiger partial charge in [-0.05, 0) is 44.2 Å². The minimum atomic E-state index is -0.395. The van der Waals surface area contributed by atoms with Crippen LogP contribution >= 0.6 is 0 Å². The first-order valence-electron chi connectivity index (χ1n) is 6.82. The summed E-state index contributed by atoms with van der Waals surface area (Å²) in [6.07, 6.45) is 0. The number of rotatable bonds is 5. The second-order valence-electron chi connectivity index (χ2n) is 4.86. The lowest BCUT2D eigenvalue weighted by atomic mass is 10.1. The Kier molecular flexibility index (Phi) is 4.52. The summed E-state index contributed by atoms with van der Waals surface area (Å²) in [4.78, 5) is 6.50. The Balaban J connectivity index is 2.35. The molecular weight excluding hydrogens is 267 g/mol. The first kappa shape index (κ1) is 15.0. The van der Waals surface area contributed by atoms with Crippen LogP contribution in [0.5, 0.6) is 0 Å². The van der Waals surface area contributed by atoms with E-state index in [9.17, 15) is 4.39 Å². The molecule has 0 saturated heterocycles. The number of anilines is 1. The van der Waals surface area contributed by atoms with Gasteiger partial charge < -0.3 is 10.6 Å². The highest BCUT2D eigenvalue weighted by Gasteiger charge is 2.14. The Labute approximate surface area is 123 Å². The maximum atomic E-state index is 13.4. The van der Waals surface area contributed by atoms with E-state index in [1.54, 1.807) is 6.07 Å². The van der Waals surface area contributed by atoms with Crippen molar-refractivity contribution in [3.8, 4) is 0 Å². The number of halogens is 1. The topological polar surface area (TPSA) is 66.0 Å². The molecule has 21 heavy (non-hydrogen) atoms. The largest absolute Gasteiger partial charge is 0.384 e. The van der Waals surface area contributed by atoms with Crippen LogP contribution in [0.3, 0.4) is 0 Å². The zero-order chi connectivity index (χ0) is 15.4. The van der Waals surface area contributed by atoms with Crippen molar-refractivity contribution in [1.29, 1.82) is 5.41 Å². The monoisotopic (exact) mass is 286 g/mol. The number of pyridine rings is 1. The average molecular weight is 286 g/mol. The summed E-state index contributed by atoms with van der Waals surface area (Å²) in [5, 5.41) is 7.62. The predicted molar refractivity (Wildman–Crippen MR) is 83.1 cm³/mol. The van der Waals surface area contributed by atoms with E-state index < -0.39 is 5.82 Å². The second kappa shape index (κ2) is 6.35. The highest BCUT2D eigenvalue weighted by atomic mass is 19.1. The molecule has 2 rings (SSSR count). The van der Waals surface area contributed by atoms with Crippen LogP contribution in [0.4, 0.5) is 10.1 Å². The quantitative estimate of drug-likeness (QED) is 0.656. The number of hydrogen-bond donors (Lipinski definition) is 2. The van der Waals surface area contributed by atoms with Gasteiger partial charge in [0.2, 0.25) is 0 Å². The van der Waals surface area contributed by atoms with Crippen molar-refractivity contribution in [3.63, 3.8) is 0 Å². The zero-order valence-electron chi connectivity index (χ0n) is 12.2. The van der Waals surface area contributed by atoms with Crippen molar-refractivity contribution in [2.45, 2.75) is 20.4 Å². The number of nitrogens with one attached hydrogen (secondary N) is 1. The molecule has 4 nitrogen and oxygen atoms in total. The Hall–Kier alpha value is -2.43. The van der Waals surface area contributed by atoms with Gasteiger partial charge in [-0.25, -0.2) is 4.39 Å². The number of nitrogens with two attached hydrogens (primary N) is 1. The summed E-state index contributed by atoms with van der Waals surface area (Å²) in [6.45, 7) is 5.24. The van der Waals surface area contributed by atoms with E-state index in [2.05, 4.69) is 4.98 Å². The van der Waals surface area contributed by atoms with Crippen molar-refractivity contribution < 1.29 is 4.39 Å². The number of nitrogen functional groups attached to an aromatic ring is 1. The number of nitrogens with zero attached hydrogens (tertiary/aromatic N) is 2. The highest BCUT2D eigenvalue weighted by Crippen LogP contribution is 2.23. The molecule has 1 aromatic carbocycles. The van der Waals surface area contributed by atoms with E-state index >= 15 is 0 Å². The number of hydrogen-bond acceptors (Lipinski definition) is 3. The van der Waals surface area contributed by atoms with E-state index in [0.717, 1.165) is 17.1 Å². The molecule has 0 aliphatic heterocycles. The maximum absolute atomic E-state index is 13.4. The van der Waals surface area contributed by atoms with Gasteiger partial charge in [-0.2, -0.15) is 0 Å². The molecule has 0 bridgehead atoms. The van der Waals surface area contributed by atoms with Crippen molar-refractivity contribution in [3.05, 3.63) is 59.2 Å². The summed E-state index contributed by atoms with van der Waals surface area (Å²) < 4.78 is 13.4. The first-order chi connectivity index (χ1) is 10.0. The molecule has 1 heterocycles. The minimum absolute atomic E-state index is 0.139. The summed E-state index contributed by atoms with van der Waals surface area (Å²) in [5.41, 5.74) is 8.60. The molecule has 3 N–H and O–H groups in total. The molecule has 0 amide bonds. The fourth-order valence-electron chi connectivity index (χ4n) is 2.25. The maximum Gasteiger partial charge on any atom is 0.125 e. The highest BCUT2D eigenvalue weighted by molar-refractivity contribution is 6.00. The van der Waals surface area contributed by atoms with Gasteiger partial charge in [0.25, 0.3) is 0 Å². The third-order valence-corrected chi connectivity index (χ3v) is 3.27. The molecule has 0 spiro atoms. The number of amidine groups is 1. The molecule has 0 fully saturated rings. The van der Waals surface area contributed by atoms with Crippen LogP contribution in [0.25, 0.3) is 0 Å². The first-order valence-corrected chi connectivity index (χ1v) is 6.82. The molecule has 2 aromatic rings. The lowest BCUT2D eigenvalue weighted by Gasteiger charge is -2.25. The van der Waals surface area contributed by atoms with E-state index in [-0.39, 0.29) is 5.84 Å². The van der Waals surface area contributed by atoms with Crippen LogP contribution < -0.4 is 10.6 Å². The molecule has 0 saturated carbocycles. The number of aromatic nitrogens is 1. The average Bonchev–Trinajstić information content (AvgIpc) is 2.45. The van der Waals surface area contributed by atoms with E-state index in [1.165, 1.54) is 12.1 Å². The van der Waals surface area contributed by atoms with Crippen molar-refractivity contribution in [2.24, 2.45) is 5.73 Å². The fourth-order valence-corrected chi connectivity index (χ4v) is 2.25. The van der Waals surface area contributed by atoms with Gasteiger partial charge in [-0.1, -0.05) is 6.07 Å². The van der Waals surface area contributed by atoms with Gasteiger partial charge in [-0.3, -0.25) is 10.4 Å². The summed E-state index contributed by atoms with van der Waals surface area (Å²) >= 11 is 0. The van der Waals surface area contributed by atoms with Crippen LogP contribution in [-0.2, 0) is 6.54 Å². The minimum Gasteiger partial charge on any atom is -0.384 e. The van der Waals surface area contributed by atoms with Gasteiger partial charge >= 0.3 is 0 Å². The molecule has 0 aliphatic carbocycles. The molecule has 5 heteroatoms. The summed E-state index contributed by atoms with van der Waals surface area (Å²) in [5.74, 6) is -0.533.